The molecule has 0 saturated carbocycles. The van der Waals surface area contributed by atoms with Gasteiger partial charge in [0.1, 0.15) is 0 Å². The second kappa shape index (κ2) is 5.49. The standard InChI is InChI=1S/C12H13N3O2S/c1-3-9(7-13-5-1)11-14-15-12(17-11)18-8-10-4-2-6-16-10/h1,3,5,7,10H,2,4,6,8H2. The number of pyridine rings is 1. The van der Waals surface area contributed by atoms with Crippen LogP contribution >= 0.6 is 11.8 Å². The zero-order valence-corrected chi connectivity index (χ0v) is 10.6. The lowest BCUT2D eigenvalue weighted by atomic mass is 10.3. The molecule has 0 bridgehead atoms. The Kier molecular flexibility index (Phi) is 3.56. The van der Waals surface area contributed by atoms with Crippen LogP contribution in [-0.2, 0) is 4.74 Å². The molecule has 94 valence electrons. The van der Waals surface area contributed by atoms with Crippen LogP contribution in [0.2, 0.25) is 0 Å². The fourth-order valence-corrected chi connectivity index (χ4v) is 2.64. The SMILES string of the molecule is c1cncc(-c2nnc(SCC3CCCO3)o2)c1. The van der Waals surface area contributed by atoms with Gasteiger partial charge in [-0.15, -0.1) is 10.2 Å². The number of hydrogen-bond donors (Lipinski definition) is 0. The highest BCUT2D eigenvalue weighted by Crippen LogP contribution is 2.25. The molecule has 1 atom stereocenters. The molecular weight excluding hydrogens is 250 g/mol. The van der Waals surface area contributed by atoms with Gasteiger partial charge < -0.3 is 9.15 Å². The minimum Gasteiger partial charge on any atom is -0.411 e. The lowest BCUT2D eigenvalue weighted by Crippen LogP contribution is -2.07. The molecule has 3 rings (SSSR count). The third-order valence-electron chi connectivity index (χ3n) is 2.73. The third-order valence-corrected chi connectivity index (χ3v) is 3.68. The van der Waals surface area contributed by atoms with Crippen LogP contribution in [0.15, 0.2) is 34.2 Å². The Hall–Kier alpha value is -1.40. The van der Waals surface area contributed by atoms with Gasteiger partial charge in [0.15, 0.2) is 0 Å². The Morgan fingerprint density at radius 2 is 2.39 bits per heavy atom. The first-order valence-corrected chi connectivity index (χ1v) is 6.89. The molecule has 0 aliphatic carbocycles. The van der Waals surface area contributed by atoms with Crippen molar-refractivity contribution in [3.63, 3.8) is 0 Å². The van der Waals surface area contributed by atoms with E-state index in [-0.39, 0.29) is 0 Å². The first-order chi connectivity index (χ1) is 8.92. The maximum Gasteiger partial charge on any atom is 0.276 e. The zero-order valence-electron chi connectivity index (χ0n) is 9.78. The van der Waals surface area contributed by atoms with E-state index in [4.69, 9.17) is 9.15 Å². The summed E-state index contributed by atoms with van der Waals surface area (Å²) < 4.78 is 11.1. The van der Waals surface area contributed by atoms with E-state index in [2.05, 4.69) is 15.2 Å². The Bertz CT molecular complexity index is 497. The maximum atomic E-state index is 5.57. The molecular formula is C12H13N3O2S. The molecule has 1 aliphatic rings. The van der Waals surface area contributed by atoms with Crippen molar-refractivity contribution in [3.05, 3.63) is 24.5 Å². The van der Waals surface area contributed by atoms with Gasteiger partial charge in [-0.2, -0.15) is 0 Å². The summed E-state index contributed by atoms with van der Waals surface area (Å²) in [6, 6.07) is 3.74. The molecule has 0 aromatic carbocycles. The van der Waals surface area contributed by atoms with Gasteiger partial charge in [-0.25, -0.2) is 0 Å². The molecule has 0 N–H and O–H groups in total. The summed E-state index contributed by atoms with van der Waals surface area (Å²) in [6.45, 7) is 0.871. The van der Waals surface area contributed by atoms with Crippen molar-refractivity contribution in [2.45, 2.75) is 24.2 Å². The summed E-state index contributed by atoms with van der Waals surface area (Å²) in [5.74, 6) is 1.38. The average Bonchev–Trinajstić information content (AvgIpc) is 3.09. The van der Waals surface area contributed by atoms with E-state index < -0.39 is 0 Å². The first kappa shape index (κ1) is 11.7. The smallest absolute Gasteiger partial charge is 0.276 e. The van der Waals surface area contributed by atoms with Crippen LogP contribution in [0.5, 0.6) is 0 Å². The molecule has 0 spiro atoms. The Morgan fingerprint density at radius 1 is 1.39 bits per heavy atom. The van der Waals surface area contributed by atoms with Crippen molar-refractivity contribution in [1.82, 2.24) is 15.2 Å². The lowest BCUT2D eigenvalue weighted by molar-refractivity contribution is 0.128. The predicted molar refractivity (Wildman–Crippen MR) is 67.2 cm³/mol. The van der Waals surface area contributed by atoms with E-state index in [0.717, 1.165) is 30.8 Å². The molecule has 2 aromatic rings. The van der Waals surface area contributed by atoms with Gasteiger partial charge >= 0.3 is 0 Å². The van der Waals surface area contributed by atoms with Gasteiger partial charge in [0.25, 0.3) is 5.22 Å². The van der Waals surface area contributed by atoms with E-state index in [1.54, 1.807) is 24.2 Å². The van der Waals surface area contributed by atoms with Gasteiger partial charge in [0.05, 0.1) is 11.7 Å². The van der Waals surface area contributed by atoms with Gasteiger partial charge in [-0.3, -0.25) is 4.98 Å². The molecule has 3 heterocycles. The van der Waals surface area contributed by atoms with E-state index >= 15 is 0 Å². The Morgan fingerprint density at radius 3 is 3.17 bits per heavy atom. The highest BCUT2D eigenvalue weighted by Gasteiger charge is 2.17. The third kappa shape index (κ3) is 2.70. The van der Waals surface area contributed by atoms with Crippen molar-refractivity contribution >= 4 is 11.8 Å². The number of aromatic nitrogens is 3. The summed E-state index contributed by atoms with van der Waals surface area (Å²) in [7, 11) is 0. The first-order valence-electron chi connectivity index (χ1n) is 5.90. The average molecular weight is 263 g/mol. The van der Waals surface area contributed by atoms with Crippen LogP contribution in [0.25, 0.3) is 11.5 Å². The quantitative estimate of drug-likeness (QED) is 0.789. The predicted octanol–water partition coefficient (Wildman–Crippen LogP) is 2.40. The fraction of sp³-hybridized carbons (Fsp3) is 0.417. The fourth-order valence-electron chi connectivity index (χ4n) is 1.81. The number of hydrogen-bond acceptors (Lipinski definition) is 6. The van der Waals surface area contributed by atoms with Crippen LogP contribution in [0.1, 0.15) is 12.8 Å². The lowest BCUT2D eigenvalue weighted by Gasteiger charge is -2.05. The summed E-state index contributed by atoms with van der Waals surface area (Å²) in [5, 5.41) is 8.62. The second-order valence-corrected chi connectivity index (χ2v) is 5.03. The van der Waals surface area contributed by atoms with Crippen molar-refractivity contribution in [3.8, 4) is 11.5 Å². The molecule has 0 radical (unpaired) electrons. The van der Waals surface area contributed by atoms with Crippen molar-refractivity contribution in [1.29, 1.82) is 0 Å². The highest BCUT2D eigenvalue weighted by molar-refractivity contribution is 7.99. The monoisotopic (exact) mass is 263 g/mol. The number of ether oxygens (including phenoxy) is 1. The highest BCUT2D eigenvalue weighted by atomic mass is 32.2. The molecule has 6 heteroatoms. The van der Waals surface area contributed by atoms with E-state index in [9.17, 15) is 0 Å². The molecule has 2 aromatic heterocycles. The zero-order chi connectivity index (χ0) is 12.2. The van der Waals surface area contributed by atoms with Gasteiger partial charge in [-0.05, 0) is 25.0 Å². The topological polar surface area (TPSA) is 61.0 Å². The van der Waals surface area contributed by atoms with E-state index in [0.29, 0.717) is 17.2 Å². The molecule has 0 amide bonds. The Balaban J connectivity index is 1.63. The summed E-state index contributed by atoms with van der Waals surface area (Å²) in [6.07, 6.45) is 6.02. The molecule has 1 fully saturated rings. The second-order valence-electron chi connectivity index (χ2n) is 4.06. The van der Waals surface area contributed by atoms with Crippen molar-refractivity contribution < 1.29 is 9.15 Å². The van der Waals surface area contributed by atoms with Crippen LogP contribution < -0.4 is 0 Å². The number of thioether (sulfide) groups is 1. The Labute approximate surface area is 109 Å². The molecule has 1 saturated heterocycles. The largest absolute Gasteiger partial charge is 0.411 e. The summed E-state index contributed by atoms with van der Waals surface area (Å²) >= 11 is 1.55. The van der Waals surface area contributed by atoms with Gasteiger partial charge in [-0.1, -0.05) is 11.8 Å². The number of nitrogens with zero attached hydrogens (tertiary/aromatic N) is 3. The van der Waals surface area contributed by atoms with Crippen LogP contribution in [0, 0.1) is 0 Å². The van der Waals surface area contributed by atoms with Crippen LogP contribution in [0.3, 0.4) is 0 Å². The van der Waals surface area contributed by atoms with Gasteiger partial charge in [0, 0.05) is 24.8 Å². The molecule has 1 aliphatic heterocycles. The molecule has 5 nitrogen and oxygen atoms in total. The van der Waals surface area contributed by atoms with Crippen molar-refractivity contribution in [2.24, 2.45) is 0 Å². The molecule has 1 unspecified atom stereocenters. The van der Waals surface area contributed by atoms with Crippen LogP contribution in [-0.4, -0.2) is 33.6 Å². The minimum absolute atomic E-state index is 0.323. The molecule has 18 heavy (non-hydrogen) atoms. The van der Waals surface area contributed by atoms with Crippen LogP contribution in [0.4, 0.5) is 0 Å². The summed E-state index contributed by atoms with van der Waals surface area (Å²) in [4.78, 5) is 4.02. The minimum atomic E-state index is 0.323. The van der Waals surface area contributed by atoms with Crippen molar-refractivity contribution in [2.75, 3.05) is 12.4 Å². The van der Waals surface area contributed by atoms with Gasteiger partial charge in [0.2, 0.25) is 5.89 Å². The maximum absolute atomic E-state index is 5.57. The van der Waals surface area contributed by atoms with E-state index in [1.165, 1.54) is 0 Å². The normalized spacial score (nSPS) is 19.2. The van der Waals surface area contributed by atoms with E-state index in [1.807, 2.05) is 12.1 Å². The number of rotatable bonds is 4. The summed E-state index contributed by atoms with van der Waals surface area (Å²) in [5.41, 5.74) is 0.842.